The number of anilines is 6. The van der Waals surface area contributed by atoms with Crippen LogP contribution in [-0.2, 0) is 20.1 Å². The fourth-order valence-electron chi connectivity index (χ4n) is 18.0. The second-order valence-electron chi connectivity index (χ2n) is 30.1. The van der Waals surface area contributed by atoms with Gasteiger partial charge in [0.2, 0.25) is 0 Å². The molecule has 4 nitrogen and oxygen atoms in total. The lowest BCUT2D eigenvalue weighted by atomic mass is 9.70. The summed E-state index contributed by atoms with van der Waals surface area (Å²) in [7, 11) is -0.374. The summed E-state index contributed by atoms with van der Waals surface area (Å²) < 4.78 is 13.7. The summed E-state index contributed by atoms with van der Waals surface area (Å²) in [5.41, 5.74) is 35.4. The van der Waals surface area contributed by atoms with Crippen molar-refractivity contribution < 1.29 is 9.31 Å². The maximum atomic E-state index is 6.26. The van der Waals surface area contributed by atoms with Crippen LogP contribution in [-0.4, -0.2) is 18.3 Å². The molecule has 16 aromatic rings. The third kappa shape index (κ3) is 11.2. The van der Waals surface area contributed by atoms with Crippen molar-refractivity contribution in [1.82, 2.24) is 0 Å². The quantitative estimate of drug-likeness (QED) is 0.127. The first-order valence-corrected chi connectivity index (χ1v) is 38.9. The molecule has 0 N–H and O–H groups in total. The van der Waals surface area contributed by atoms with Gasteiger partial charge in [0.05, 0.1) is 33.4 Å². The number of rotatable bonds is 10. The maximum Gasteiger partial charge on any atom is 0.494 e. The first-order chi connectivity index (χ1) is 54.0. The van der Waals surface area contributed by atoms with Gasteiger partial charge in [0.15, 0.2) is 0 Å². The Labute approximate surface area is 654 Å². The van der Waals surface area contributed by atoms with Crippen molar-refractivity contribution in [3.8, 4) is 77.9 Å². The summed E-state index contributed by atoms with van der Waals surface area (Å²) in [6.07, 6.45) is 0. The summed E-state index contributed by atoms with van der Waals surface area (Å²) in [4.78, 5) is 4.67. The highest BCUT2D eigenvalue weighted by molar-refractivity contribution is 9.10. The molecule has 110 heavy (non-hydrogen) atoms. The molecule has 1 aliphatic heterocycles. The van der Waals surface area contributed by atoms with Gasteiger partial charge in [-0.2, -0.15) is 0 Å². The maximum absolute atomic E-state index is 6.26. The van der Waals surface area contributed by atoms with Crippen LogP contribution in [0.1, 0.15) is 72.2 Å². The number of halogens is 1. The summed E-state index contributed by atoms with van der Waals surface area (Å²) in [6.45, 7) is 8.33. The predicted octanol–water partition coefficient (Wildman–Crippen LogP) is 26.7. The van der Waals surface area contributed by atoms with Crippen LogP contribution in [0.25, 0.3) is 77.9 Å². The minimum atomic E-state index is -0.374. The minimum Gasteiger partial charge on any atom is -0.399 e. The van der Waals surface area contributed by atoms with Crippen LogP contribution in [0.2, 0.25) is 0 Å². The van der Waals surface area contributed by atoms with Crippen LogP contribution in [0.15, 0.2) is 405 Å². The summed E-state index contributed by atoms with van der Waals surface area (Å²) in [5.74, 6) is 0. The Hall–Kier alpha value is -12.4. The van der Waals surface area contributed by atoms with Gasteiger partial charge in [0.1, 0.15) is 0 Å². The van der Waals surface area contributed by atoms with Crippen molar-refractivity contribution in [2.24, 2.45) is 0 Å². The van der Waals surface area contributed by atoms with Crippen LogP contribution in [0.4, 0.5) is 34.1 Å². The Kier molecular flexibility index (Phi) is 17.1. The van der Waals surface area contributed by atoms with E-state index >= 15 is 0 Å². The molecule has 21 rings (SSSR count). The SMILES string of the molecule is Brc1ccc2c(c1)C1(c3ccccc3-c3ccccc31)c1ccccc1-2.CC1(C)OB(c2ccc(N(c3ccccc3)c3ccccc3-c3ccccc3)cc2)OC1(C)C.c1ccc(-c2ccccc2N(c2ccccc2)c2ccc(-c3ccc4c(c3)C3(c5ccccc5-c5ccccc53)c3ccccc3-4)cc2)cc1. The molecule has 6 heteroatoms. The number of fused-ring (bicyclic) bond motifs is 20. The number of hydrogen-bond donors (Lipinski definition) is 0. The van der Waals surface area contributed by atoms with E-state index in [4.69, 9.17) is 9.31 Å². The predicted molar refractivity (Wildman–Crippen MR) is 461 cm³/mol. The molecule has 1 heterocycles. The molecule has 0 aromatic heterocycles. The summed E-state index contributed by atoms with van der Waals surface area (Å²) >= 11 is 3.72. The molecule has 0 radical (unpaired) electrons. The second kappa shape index (κ2) is 27.7. The number of hydrogen-bond acceptors (Lipinski definition) is 4. The highest BCUT2D eigenvalue weighted by atomic mass is 79.9. The largest absolute Gasteiger partial charge is 0.494 e. The van der Waals surface area contributed by atoms with Crippen LogP contribution >= 0.6 is 15.9 Å². The normalized spacial score (nSPS) is 14.4. The van der Waals surface area contributed by atoms with Gasteiger partial charge in [0, 0.05) is 38.3 Å². The Balaban J connectivity index is 0.000000119. The molecule has 1 fully saturated rings. The van der Waals surface area contributed by atoms with E-state index in [1.807, 2.05) is 6.07 Å². The van der Waals surface area contributed by atoms with E-state index in [2.05, 4.69) is 448 Å². The Morgan fingerprint density at radius 2 is 0.500 bits per heavy atom. The molecule has 0 saturated carbocycles. The van der Waals surface area contributed by atoms with Crippen LogP contribution < -0.4 is 15.3 Å². The van der Waals surface area contributed by atoms with E-state index in [1.165, 1.54) is 122 Å². The van der Waals surface area contributed by atoms with Crippen LogP contribution in [0.5, 0.6) is 0 Å². The van der Waals surface area contributed by atoms with E-state index in [1.54, 1.807) is 0 Å². The number of para-hydroxylation sites is 4. The fourth-order valence-corrected chi connectivity index (χ4v) is 18.3. The van der Waals surface area contributed by atoms with E-state index < -0.39 is 0 Å². The summed E-state index contributed by atoms with van der Waals surface area (Å²) in [5, 5.41) is 0. The highest BCUT2D eigenvalue weighted by Crippen LogP contribution is 2.65. The molecule has 4 aliphatic carbocycles. The monoisotopic (exact) mass is 1480 g/mol. The van der Waals surface area contributed by atoms with E-state index in [0.717, 1.165) is 44.1 Å². The van der Waals surface area contributed by atoms with Crippen molar-refractivity contribution >= 4 is 62.6 Å². The molecule has 526 valence electrons. The molecular weight excluding hydrogens is 1400 g/mol. The first-order valence-electron chi connectivity index (χ1n) is 38.1. The summed E-state index contributed by atoms with van der Waals surface area (Å²) in [6, 6.07) is 145. The van der Waals surface area contributed by atoms with Gasteiger partial charge in [-0.3, -0.25) is 0 Å². The van der Waals surface area contributed by atoms with Crippen molar-refractivity contribution in [3.05, 3.63) is 449 Å². The van der Waals surface area contributed by atoms with Gasteiger partial charge in [-0.25, -0.2) is 0 Å². The Morgan fingerprint density at radius 1 is 0.227 bits per heavy atom. The third-order valence-electron chi connectivity index (χ3n) is 23.6. The average molecular weight is 1480 g/mol. The lowest BCUT2D eigenvalue weighted by Gasteiger charge is -2.32. The molecule has 16 aromatic carbocycles. The second-order valence-corrected chi connectivity index (χ2v) is 31.0. The fraction of sp³-hybridized carbons (Fsp3) is 0.0769. The lowest BCUT2D eigenvalue weighted by Crippen LogP contribution is -2.41. The molecule has 5 aliphatic rings. The first kappa shape index (κ1) is 68.1. The van der Waals surface area contributed by atoms with Crippen molar-refractivity contribution in [2.75, 3.05) is 9.80 Å². The molecule has 0 amide bonds. The highest BCUT2D eigenvalue weighted by Gasteiger charge is 2.54. The number of nitrogens with zero attached hydrogens (tertiary/aromatic N) is 2. The van der Waals surface area contributed by atoms with Crippen molar-refractivity contribution in [1.29, 1.82) is 0 Å². The van der Waals surface area contributed by atoms with Crippen LogP contribution in [0.3, 0.4) is 0 Å². The van der Waals surface area contributed by atoms with E-state index in [9.17, 15) is 0 Å². The zero-order valence-electron chi connectivity index (χ0n) is 61.8. The molecule has 0 atom stereocenters. The van der Waals surface area contributed by atoms with Crippen molar-refractivity contribution in [2.45, 2.75) is 49.7 Å². The molecule has 0 bridgehead atoms. The van der Waals surface area contributed by atoms with Crippen molar-refractivity contribution in [3.63, 3.8) is 0 Å². The van der Waals surface area contributed by atoms with Gasteiger partial charge in [-0.05, 0) is 223 Å². The van der Waals surface area contributed by atoms with Gasteiger partial charge in [-0.1, -0.05) is 337 Å². The average Bonchev–Trinajstić information content (AvgIpc) is 1.52. The standard InChI is InChI=1S/C49H33N.C30H30BNO2.C25H15Br/c1-3-15-35(16-4-1)39-19-10-14-26-48(39)50(37-17-5-2-6-18-37)38-30-27-34(28-31-38)36-29-32-43-42-22-9-13-25-46(42)49(47(43)33-36)44-23-11-7-20-40(44)41-21-8-12-24-45(41)49;1-29(2)30(3,4)34-31(33-29)24-19-21-26(22-20-24)32(25-15-9-6-10-16-25)28-18-12-11-17-27(28)23-13-7-5-8-14-23;26-16-13-14-20-19-9-3-6-12-23(19)25(24(20)15-16)21-10-4-1-7-17(21)18-8-2-5-11-22(18)25/h1-33H;5-22H,1-4H3;1-15H. The van der Waals surface area contributed by atoms with Gasteiger partial charge >= 0.3 is 7.12 Å². The number of benzene rings is 16. The molecule has 1 saturated heterocycles. The Bertz CT molecular complexity index is 6000. The van der Waals surface area contributed by atoms with Gasteiger partial charge in [0.25, 0.3) is 0 Å². The molecule has 2 spiro atoms. The molecular formula is C104H78BBrN2O2. The zero-order valence-corrected chi connectivity index (χ0v) is 63.4. The minimum absolute atomic E-state index is 0.219. The van der Waals surface area contributed by atoms with E-state index in [0.29, 0.717) is 0 Å². The Morgan fingerprint density at radius 3 is 0.873 bits per heavy atom. The van der Waals surface area contributed by atoms with E-state index in [-0.39, 0.29) is 29.2 Å². The smallest absolute Gasteiger partial charge is 0.399 e. The zero-order chi connectivity index (χ0) is 74.1. The molecule has 0 unspecified atom stereocenters. The lowest BCUT2D eigenvalue weighted by molar-refractivity contribution is 0.00578. The van der Waals surface area contributed by atoms with Crippen LogP contribution in [0, 0.1) is 0 Å². The third-order valence-corrected chi connectivity index (χ3v) is 24.1. The van der Waals surface area contributed by atoms with Gasteiger partial charge < -0.3 is 19.1 Å². The van der Waals surface area contributed by atoms with Gasteiger partial charge in [-0.15, -0.1) is 0 Å². The topological polar surface area (TPSA) is 24.9 Å².